The van der Waals surface area contributed by atoms with Gasteiger partial charge in [-0.3, -0.25) is 14.6 Å². The first kappa shape index (κ1) is 23.3. The molecule has 6 rings (SSSR count). The van der Waals surface area contributed by atoms with Crippen molar-refractivity contribution in [2.24, 2.45) is 5.41 Å². The van der Waals surface area contributed by atoms with Crippen molar-refractivity contribution >= 4 is 54.2 Å². The number of hydrogen-bond donors (Lipinski definition) is 2. The average Bonchev–Trinajstić information content (AvgIpc) is 2.82. The summed E-state index contributed by atoms with van der Waals surface area (Å²) in [6, 6.07) is 1.69. The van der Waals surface area contributed by atoms with Gasteiger partial charge in [0.2, 0.25) is 5.91 Å². The number of amides is 2. The van der Waals surface area contributed by atoms with Crippen molar-refractivity contribution in [3.8, 4) is 0 Å². The zero-order valence-corrected chi connectivity index (χ0v) is 20.4. The van der Waals surface area contributed by atoms with Crippen LogP contribution in [0.25, 0.3) is 13.2 Å². The summed E-state index contributed by atoms with van der Waals surface area (Å²) in [6.45, 7) is 7.80. The Morgan fingerprint density at radius 2 is 1.94 bits per heavy atom. The number of nitrogens with zero attached hydrogens (tertiary/aromatic N) is 2. The van der Waals surface area contributed by atoms with E-state index in [1.54, 1.807) is 6.07 Å². The lowest BCUT2D eigenvalue weighted by atomic mass is 9.55. The molecule has 2 amide bonds. The van der Waals surface area contributed by atoms with E-state index in [0.29, 0.717) is 34.1 Å². The molecule has 0 saturated heterocycles. The Balaban J connectivity index is 1.26. The lowest BCUT2D eigenvalue weighted by molar-refractivity contribution is -0.113. The lowest BCUT2D eigenvalue weighted by Crippen LogP contribution is -2.56. The van der Waals surface area contributed by atoms with E-state index in [0.717, 1.165) is 49.8 Å². The molecule has 0 spiro atoms. The molecule has 178 valence electrons. The van der Waals surface area contributed by atoms with Crippen LogP contribution in [-0.2, 0) is 11.2 Å². The van der Waals surface area contributed by atoms with Gasteiger partial charge in [-0.1, -0.05) is 24.8 Å². The minimum atomic E-state index is -0.314. The number of rotatable bonds is 5. The van der Waals surface area contributed by atoms with Gasteiger partial charge in [-0.25, -0.2) is 9.37 Å². The Bertz CT molecular complexity index is 1280. The minimum absolute atomic E-state index is 0.139. The maximum absolute atomic E-state index is 14.3. The van der Waals surface area contributed by atoms with Gasteiger partial charge in [-0.05, 0) is 73.6 Å². The fourth-order valence-electron chi connectivity index (χ4n) is 5.54. The summed E-state index contributed by atoms with van der Waals surface area (Å²) in [5.74, 6) is -0.0705. The smallest absolute Gasteiger partial charge is 0.271 e. The monoisotopic (exact) mass is 500 g/mol. The topological polar surface area (TPSA) is 84.0 Å². The predicted octanol–water partition coefficient (Wildman–Crippen LogP) is 3.59. The fraction of sp³-hybridized carbons (Fsp3) is 0.440. The highest BCUT2D eigenvalue weighted by Crippen LogP contribution is 2.54. The van der Waals surface area contributed by atoms with E-state index in [9.17, 15) is 14.0 Å². The van der Waals surface area contributed by atoms with E-state index in [2.05, 4.69) is 33.8 Å². The van der Waals surface area contributed by atoms with E-state index in [1.807, 2.05) is 0 Å². The molecule has 3 saturated carbocycles. The molecule has 6 nitrogen and oxygen atoms in total. The number of carbonyl (C=O) groups excluding carboxylic acids is 2. The number of anilines is 1. The standard InChI is InChI=1S/C25H26ClFN4O2S/c1-14-15(2)28-12-18(27)16(14)3-4-24-5-8-25(9-6-24,10-7-24)31-23(33)21-17(26)11-19-22(30-21)29-20(32)13-34-19/h11-12H,1-10,13H2,(H,31,33)(H,29,30,32). The van der Waals surface area contributed by atoms with Gasteiger partial charge in [0.05, 0.1) is 27.2 Å². The van der Waals surface area contributed by atoms with Crippen molar-refractivity contribution in [3.05, 3.63) is 44.9 Å². The maximum atomic E-state index is 14.3. The summed E-state index contributed by atoms with van der Waals surface area (Å²) in [6.07, 6.45) is 8.25. The average molecular weight is 501 g/mol. The van der Waals surface area contributed by atoms with Crippen molar-refractivity contribution in [1.29, 1.82) is 0 Å². The van der Waals surface area contributed by atoms with Crippen LogP contribution in [0.15, 0.2) is 17.2 Å². The highest BCUT2D eigenvalue weighted by Gasteiger charge is 2.49. The summed E-state index contributed by atoms with van der Waals surface area (Å²) >= 11 is 7.73. The van der Waals surface area contributed by atoms with Gasteiger partial charge in [-0.2, -0.15) is 0 Å². The third-order valence-corrected chi connectivity index (χ3v) is 9.11. The van der Waals surface area contributed by atoms with E-state index < -0.39 is 0 Å². The van der Waals surface area contributed by atoms with Crippen LogP contribution in [0.5, 0.6) is 0 Å². The van der Waals surface area contributed by atoms with Crippen LogP contribution >= 0.6 is 23.4 Å². The van der Waals surface area contributed by atoms with Crippen LogP contribution in [0.3, 0.4) is 0 Å². The fourth-order valence-corrected chi connectivity index (χ4v) is 6.63. The predicted molar refractivity (Wildman–Crippen MR) is 132 cm³/mol. The zero-order valence-electron chi connectivity index (χ0n) is 18.8. The van der Waals surface area contributed by atoms with Crippen LogP contribution < -0.4 is 21.2 Å². The molecule has 0 radical (unpaired) electrons. The Morgan fingerprint density at radius 1 is 1.24 bits per heavy atom. The number of carbonyl (C=O) groups is 2. The highest BCUT2D eigenvalue weighted by molar-refractivity contribution is 8.00. The first-order valence-corrected chi connectivity index (χ1v) is 12.8. The first-order valence-electron chi connectivity index (χ1n) is 11.5. The second kappa shape index (κ2) is 8.64. The quantitative estimate of drug-likeness (QED) is 0.655. The Kier molecular flexibility index (Phi) is 5.92. The summed E-state index contributed by atoms with van der Waals surface area (Å²) in [7, 11) is 0. The van der Waals surface area contributed by atoms with E-state index >= 15 is 0 Å². The molecule has 9 heteroatoms. The van der Waals surface area contributed by atoms with Crippen molar-refractivity contribution in [2.75, 3.05) is 11.1 Å². The Morgan fingerprint density at radius 3 is 2.65 bits per heavy atom. The van der Waals surface area contributed by atoms with E-state index in [1.165, 1.54) is 18.0 Å². The van der Waals surface area contributed by atoms with Crippen molar-refractivity contribution in [2.45, 2.75) is 61.8 Å². The van der Waals surface area contributed by atoms with Crippen molar-refractivity contribution < 1.29 is 14.0 Å². The normalized spacial score (nSPS) is 25.5. The summed E-state index contributed by atoms with van der Waals surface area (Å²) < 4.78 is 14.3. The molecule has 2 aromatic heterocycles. The number of aromatic nitrogens is 2. The molecular weight excluding hydrogens is 475 g/mol. The second-order valence-electron chi connectivity index (χ2n) is 9.75. The van der Waals surface area contributed by atoms with E-state index in [-0.39, 0.29) is 39.3 Å². The molecule has 3 heterocycles. The van der Waals surface area contributed by atoms with Gasteiger partial charge < -0.3 is 10.6 Å². The van der Waals surface area contributed by atoms with Crippen LogP contribution in [-0.4, -0.2) is 33.1 Å². The summed E-state index contributed by atoms with van der Waals surface area (Å²) in [5.41, 5.74) is 0.625. The maximum Gasteiger partial charge on any atom is 0.271 e. The van der Waals surface area contributed by atoms with Crippen LogP contribution in [0.2, 0.25) is 5.02 Å². The van der Waals surface area contributed by atoms with Gasteiger partial charge in [0.25, 0.3) is 5.91 Å². The van der Waals surface area contributed by atoms with Gasteiger partial charge in [-0.15, -0.1) is 11.8 Å². The lowest BCUT2D eigenvalue weighted by Gasteiger charge is -2.54. The number of pyridine rings is 2. The third kappa shape index (κ3) is 4.22. The molecule has 3 aliphatic carbocycles. The molecule has 2 N–H and O–H groups in total. The molecular formula is C25H26ClFN4O2S. The number of halogens is 2. The van der Waals surface area contributed by atoms with Gasteiger partial charge in [0, 0.05) is 5.54 Å². The number of hydrogen-bond acceptors (Lipinski definition) is 5. The molecule has 0 atom stereocenters. The molecule has 3 fully saturated rings. The number of thioether (sulfide) groups is 1. The second-order valence-corrected chi connectivity index (χ2v) is 11.2. The van der Waals surface area contributed by atoms with Crippen LogP contribution in [0.1, 0.15) is 61.0 Å². The van der Waals surface area contributed by atoms with Gasteiger partial charge >= 0.3 is 0 Å². The highest BCUT2D eigenvalue weighted by atomic mass is 35.5. The molecule has 34 heavy (non-hydrogen) atoms. The molecule has 2 bridgehead atoms. The number of fused-ring (bicyclic) bond motifs is 4. The van der Waals surface area contributed by atoms with Crippen molar-refractivity contribution in [3.63, 3.8) is 0 Å². The van der Waals surface area contributed by atoms with E-state index in [4.69, 9.17) is 11.6 Å². The third-order valence-electron chi connectivity index (χ3n) is 7.79. The Hall–Kier alpha value is -2.45. The largest absolute Gasteiger partial charge is 0.345 e. The summed E-state index contributed by atoms with van der Waals surface area (Å²) in [4.78, 5) is 33.9. The Labute approximate surface area is 206 Å². The molecule has 4 aliphatic rings. The molecule has 0 unspecified atom stereocenters. The first-order chi connectivity index (χ1) is 16.2. The number of nitrogens with one attached hydrogen (secondary N) is 2. The molecule has 2 aromatic rings. The van der Waals surface area contributed by atoms with Crippen LogP contribution in [0.4, 0.5) is 10.2 Å². The summed E-state index contributed by atoms with van der Waals surface area (Å²) in [5, 5.41) is 7.33. The SMILES string of the molecule is C=c1ncc(F)c(CCC23CCC(NC(=O)c4nc5c(cc4Cl)SCC(=O)N5)(CC2)CC3)c1=C. The minimum Gasteiger partial charge on any atom is -0.345 e. The van der Waals surface area contributed by atoms with Gasteiger partial charge in [0.1, 0.15) is 17.3 Å². The van der Waals surface area contributed by atoms with Crippen molar-refractivity contribution in [1.82, 2.24) is 15.3 Å². The zero-order chi connectivity index (χ0) is 24.1. The molecule has 0 aromatic carbocycles. The van der Waals surface area contributed by atoms with Gasteiger partial charge in [0.15, 0.2) is 0 Å². The van der Waals surface area contributed by atoms with Crippen LogP contribution in [0, 0.1) is 11.2 Å². The molecule has 1 aliphatic heterocycles.